The van der Waals surface area contributed by atoms with Gasteiger partial charge in [0, 0.05) is 5.02 Å². The normalized spacial score (nSPS) is 15.1. The molecule has 0 fully saturated rings. The Bertz CT molecular complexity index is 285. The second kappa shape index (κ2) is 5.38. The molecular weight excluding hydrogens is 196 g/mol. The van der Waals surface area contributed by atoms with Crippen molar-refractivity contribution < 1.29 is 5.11 Å². The molecule has 0 spiro atoms. The summed E-state index contributed by atoms with van der Waals surface area (Å²) in [6, 6.07) is 7.81. The van der Waals surface area contributed by atoms with E-state index in [-0.39, 0.29) is 12.0 Å². The van der Waals surface area contributed by atoms with E-state index in [0.717, 1.165) is 23.4 Å². The molecule has 0 heterocycles. The van der Waals surface area contributed by atoms with Gasteiger partial charge in [0.25, 0.3) is 0 Å². The third kappa shape index (κ3) is 3.00. The van der Waals surface area contributed by atoms with Gasteiger partial charge in [-0.05, 0) is 30.4 Å². The molecule has 1 aromatic rings. The van der Waals surface area contributed by atoms with Gasteiger partial charge in [0.15, 0.2) is 0 Å². The van der Waals surface area contributed by atoms with E-state index in [2.05, 4.69) is 6.92 Å². The molecule has 0 aromatic heterocycles. The predicted octanol–water partition coefficient (Wildman–Crippen LogP) is 3.29. The van der Waals surface area contributed by atoms with Gasteiger partial charge in [0.2, 0.25) is 0 Å². The lowest BCUT2D eigenvalue weighted by molar-refractivity contribution is 0.113. The van der Waals surface area contributed by atoms with E-state index in [1.54, 1.807) is 0 Å². The van der Waals surface area contributed by atoms with Crippen molar-refractivity contribution in [3.05, 3.63) is 34.9 Å². The molecule has 14 heavy (non-hydrogen) atoms. The average molecular weight is 213 g/mol. The number of hydrogen-bond acceptors (Lipinski definition) is 1. The van der Waals surface area contributed by atoms with Gasteiger partial charge in [0.05, 0.1) is 6.10 Å². The highest BCUT2D eigenvalue weighted by atomic mass is 35.5. The lowest BCUT2D eigenvalue weighted by atomic mass is 9.94. The quantitative estimate of drug-likeness (QED) is 0.812. The Morgan fingerprint density at radius 2 is 2.00 bits per heavy atom. The topological polar surface area (TPSA) is 20.2 Å². The highest BCUT2D eigenvalue weighted by Crippen LogP contribution is 2.20. The van der Waals surface area contributed by atoms with Gasteiger partial charge >= 0.3 is 0 Å². The van der Waals surface area contributed by atoms with Crippen molar-refractivity contribution in [1.29, 1.82) is 0 Å². The highest BCUT2D eigenvalue weighted by molar-refractivity contribution is 6.31. The minimum Gasteiger partial charge on any atom is -0.393 e. The maximum Gasteiger partial charge on any atom is 0.0566 e. The SMILES string of the molecule is CCC(O)C(C)Cc1ccccc1Cl. The lowest BCUT2D eigenvalue weighted by Crippen LogP contribution is -2.18. The molecule has 1 nitrogen and oxygen atoms in total. The zero-order valence-electron chi connectivity index (χ0n) is 8.70. The van der Waals surface area contributed by atoms with Crippen molar-refractivity contribution in [2.75, 3.05) is 0 Å². The third-order valence-electron chi connectivity index (χ3n) is 2.57. The molecular formula is C12H17ClO. The summed E-state index contributed by atoms with van der Waals surface area (Å²) in [7, 11) is 0. The summed E-state index contributed by atoms with van der Waals surface area (Å²) in [6.07, 6.45) is 1.41. The summed E-state index contributed by atoms with van der Waals surface area (Å²) in [5.41, 5.74) is 1.12. The molecule has 1 rings (SSSR count). The summed E-state index contributed by atoms with van der Waals surface area (Å²) in [5, 5.41) is 10.4. The standard InChI is InChI=1S/C12H17ClO/c1-3-12(14)9(2)8-10-6-4-5-7-11(10)13/h4-7,9,12,14H,3,8H2,1-2H3. The zero-order valence-corrected chi connectivity index (χ0v) is 9.46. The molecule has 78 valence electrons. The van der Waals surface area contributed by atoms with Crippen molar-refractivity contribution in [2.24, 2.45) is 5.92 Å². The molecule has 0 aliphatic rings. The first-order valence-corrected chi connectivity index (χ1v) is 5.44. The minimum absolute atomic E-state index is 0.230. The van der Waals surface area contributed by atoms with Crippen LogP contribution in [0.4, 0.5) is 0 Å². The fourth-order valence-electron chi connectivity index (χ4n) is 1.55. The van der Waals surface area contributed by atoms with Crippen LogP contribution < -0.4 is 0 Å². The molecule has 0 amide bonds. The van der Waals surface area contributed by atoms with Crippen LogP contribution in [0.25, 0.3) is 0 Å². The molecule has 2 atom stereocenters. The van der Waals surface area contributed by atoms with Crippen LogP contribution in [-0.2, 0) is 6.42 Å². The van der Waals surface area contributed by atoms with Crippen molar-refractivity contribution in [3.8, 4) is 0 Å². The van der Waals surface area contributed by atoms with Crippen molar-refractivity contribution in [1.82, 2.24) is 0 Å². The van der Waals surface area contributed by atoms with Crippen LogP contribution in [0.3, 0.4) is 0 Å². The maximum atomic E-state index is 9.64. The molecule has 1 aromatic carbocycles. The lowest BCUT2D eigenvalue weighted by Gasteiger charge is -2.17. The Balaban J connectivity index is 2.64. The van der Waals surface area contributed by atoms with E-state index in [1.807, 2.05) is 31.2 Å². The number of benzene rings is 1. The Hall–Kier alpha value is -0.530. The monoisotopic (exact) mass is 212 g/mol. The van der Waals surface area contributed by atoms with Gasteiger partial charge in [-0.15, -0.1) is 0 Å². The molecule has 0 aliphatic heterocycles. The smallest absolute Gasteiger partial charge is 0.0566 e. The number of rotatable bonds is 4. The number of halogens is 1. The largest absolute Gasteiger partial charge is 0.393 e. The van der Waals surface area contributed by atoms with Gasteiger partial charge in [-0.2, -0.15) is 0 Å². The van der Waals surface area contributed by atoms with Gasteiger partial charge in [0.1, 0.15) is 0 Å². The van der Waals surface area contributed by atoms with E-state index in [0.29, 0.717) is 0 Å². The van der Waals surface area contributed by atoms with Crippen LogP contribution in [0.1, 0.15) is 25.8 Å². The fraction of sp³-hybridized carbons (Fsp3) is 0.500. The van der Waals surface area contributed by atoms with Crippen molar-refractivity contribution in [2.45, 2.75) is 32.8 Å². The van der Waals surface area contributed by atoms with Crippen molar-refractivity contribution in [3.63, 3.8) is 0 Å². The highest BCUT2D eigenvalue weighted by Gasteiger charge is 2.13. The Kier molecular flexibility index (Phi) is 4.43. The van der Waals surface area contributed by atoms with Gasteiger partial charge in [-0.3, -0.25) is 0 Å². The second-order valence-corrected chi connectivity index (χ2v) is 4.16. The number of aliphatic hydroxyl groups excluding tert-OH is 1. The predicted molar refractivity (Wildman–Crippen MR) is 60.6 cm³/mol. The van der Waals surface area contributed by atoms with Gasteiger partial charge < -0.3 is 5.11 Å². The first-order valence-electron chi connectivity index (χ1n) is 5.06. The Morgan fingerprint density at radius 3 is 2.57 bits per heavy atom. The molecule has 2 unspecified atom stereocenters. The van der Waals surface area contributed by atoms with E-state index in [9.17, 15) is 5.11 Å². The molecule has 0 saturated carbocycles. The minimum atomic E-state index is -0.230. The second-order valence-electron chi connectivity index (χ2n) is 3.75. The number of aliphatic hydroxyl groups is 1. The molecule has 0 aliphatic carbocycles. The molecule has 0 saturated heterocycles. The van der Waals surface area contributed by atoms with Crippen LogP contribution >= 0.6 is 11.6 Å². The summed E-state index contributed by atoms with van der Waals surface area (Å²) in [6.45, 7) is 4.05. The average Bonchev–Trinajstić information content (AvgIpc) is 2.20. The van der Waals surface area contributed by atoms with Gasteiger partial charge in [-0.1, -0.05) is 43.6 Å². The fourth-order valence-corrected chi connectivity index (χ4v) is 1.76. The van der Waals surface area contributed by atoms with Crippen LogP contribution in [0.15, 0.2) is 24.3 Å². The van der Waals surface area contributed by atoms with E-state index >= 15 is 0 Å². The number of hydrogen-bond donors (Lipinski definition) is 1. The van der Waals surface area contributed by atoms with Crippen molar-refractivity contribution >= 4 is 11.6 Å². The van der Waals surface area contributed by atoms with Crippen LogP contribution in [0, 0.1) is 5.92 Å². The molecule has 2 heteroatoms. The summed E-state index contributed by atoms with van der Waals surface area (Å²) < 4.78 is 0. The summed E-state index contributed by atoms with van der Waals surface area (Å²) in [5.74, 6) is 0.264. The van der Waals surface area contributed by atoms with Crippen LogP contribution in [-0.4, -0.2) is 11.2 Å². The Morgan fingerprint density at radius 1 is 1.36 bits per heavy atom. The first kappa shape index (κ1) is 11.5. The van der Waals surface area contributed by atoms with Crippen LogP contribution in [0.2, 0.25) is 5.02 Å². The molecule has 0 bridgehead atoms. The van der Waals surface area contributed by atoms with E-state index in [4.69, 9.17) is 11.6 Å². The first-order chi connectivity index (χ1) is 6.65. The van der Waals surface area contributed by atoms with E-state index < -0.39 is 0 Å². The zero-order chi connectivity index (χ0) is 10.6. The third-order valence-corrected chi connectivity index (χ3v) is 2.94. The maximum absolute atomic E-state index is 9.64. The van der Waals surface area contributed by atoms with Crippen LogP contribution in [0.5, 0.6) is 0 Å². The summed E-state index contributed by atoms with van der Waals surface area (Å²) >= 11 is 6.03. The Labute approximate surface area is 90.7 Å². The van der Waals surface area contributed by atoms with E-state index in [1.165, 1.54) is 0 Å². The molecule has 1 N–H and O–H groups in total. The molecule has 0 radical (unpaired) electrons. The van der Waals surface area contributed by atoms with Gasteiger partial charge in [-0.25, -0.2) is 0 Å². The summed E-state index contributed by atoms with van der Waals surface area (Å²) in [4.78, 5) is 0.